The van der Waals surface area contributed by atoms with E-state index in [0.29, 0.717) is 5.13 Å². The minimum absolute atomic E-state index is 0.00803. The number of fused-ring (bicyclic) bond motifs is 1. The van der Waals surface area contributed by atoms with Crippen molar-refractivity contribution in [3.05, 3.63) is 58.6 Å². The van der Waals surface area contributed by atoms with Crippen LogP contribution in [0.5, 0.6) is 0 Å². The third-order valence-corrected chi connectivity index (χ3v) is 5.66. The van der Waals surface area contributed by atoms with Crippen LogP contribution in [0.25, 0.3) is 10.2 Å². The van der Waals surface area contributed by atoms with E-state index in [1.807, 2.05) is 48.5 Å². The second-order valence-electron chi connectivity index (χ2n) is 5.89. The smallest absolute Gasteiger partial charge is 0.233 e. The van der Waals surface area contributed by atoms with Crippen LogP contribution in [-0.4, -0.2) is 10.9 Å². The Balaban J connectivity index is 1.87. The number of hydrogen-bond acceptors (Lipinski definition) is 3. The predicted octanol–water partition coefficient (Wildman–Crippen LogP) is 5.83. The molecule has 0 saturated heterocycles. The van der Waals surface area contributed by atoms with Gasteiger partial charge in [-0.25, -0.2) is 4.98 Å². The molecule has 24 heavy (non-hydrogen) atoms. The van der Waals surface area contributed by atoms with Crippen LogP contribution in [-0.2, 0) is 4.79 Å². The molecule has 3 nitrogen and oxygen atoms in total. The van der Waals surface area contributed by atoms with Crippen LogP contribution in [0, 0.1) is 5.92 Å². The lowest BCUT2D eigenvalue weighted by molar-refractivity contribution is -0.118. The molecular formula is C19H19BrN2OS. The fraction of sp³-hybridized carbons (Fsp3) is 0.263. The van der Waals surface area contributed by atoms with E-state index in [9.17, 15) is 4.79 Å². The molecule has 0 bridgehead atoms. The molecule has 1 N–H and O–H groups in total. The van der Waals surface area contributed by atoms with E-state index in [4.69, 9.17) is 0 Å². The first-order valence-electron chi connectivity index (χ1n) is 8.00. The van der Waals surface area contributed by atoms with Gasteiger partial charge in [0, 0.05) is 4.47 Å². The van der Waals surface area contributed by atoms with Crippen LogP contribution in [0.15, 0.2) is 53.0 Å². The van der Waals surface area contributed by atoms with Gasteiger partial charge in [0.15, 0.2) is 5.13 Å². The van der Waals surface area contributed by atoms with Gasteiger partial charge < -0.3 is 5.32 Å². The van der Waals surface area contributed by atoms with Crippen molar-refractivity contribution in [2.45, 2.75) is 26.2 Å². The topological polar surface area (TPSA) is 42.0 Å². The molecule has 5 heteroatoms. The van der Waals surface area contributed by atoms with E-state index in [1.54, 1.807) is 0 Å². The highest BCUT2D eigenvalue weighted by Gasteiger charge is 2.26. The Bertz CT molecular complexity index is 847. The Kier molecular flexibility index (Phi) is 5.31. The van der Waals surface area contributed by atoms with Gasteiger partial charge in [0.2, 0.25) is 5.91 Å². The molecule has 1 heterocycles. The summed E-state index contributed by atoms with van der Waals surface area (Å²) in [5.74, 6) is 0.0968. The monoisotopic (exact) mass is 402 g/mol. The molecule has 1 amide bonds. The fourth-order valence-corrected chi connectivity index (χ4v) is 4.19. The zero-order chi connectivity index (χ0) is 17.1. The van der Waals surface area contributed by atoms with Crippen molar-refractivity contribution in [2.24, 2.45) is 5.92 Å². The van der Waals surface area contributed by atoms with E-state index >= 15 is 0 Å². The van der Waals surface area contributed by atoms with Crippen LogP contribution >= 0.6 is 27.3 Å². The second-order valence-corrected chi connectivity index (χ2v) is 7.84. The Labute approximate surface area is 154 Å². The molecule has 0 saturated carbocycles. The molecular weight excluding hydrogens is 384 g/mol. The van der Waals surface area contributed by atoms with Gasteiger partial charge in [0.1, 0.15) is 0 Å². The zero-order valence-electron chi connectivity index (χ0n) is 13.6. The maximum absolute atomic E-state index is 12.9. The highest BCUT2D eigenvalue weighted by Crippen LogP contribution is 2.32. The van der Waals surface area contributed by atoms with Gasteiger partial charge in [0.05, 0.1) is 16.1 Å². The number of carbonyl (C=O) groups is 1. The van der Waals surface area contributed by atoms with E-state index in [-0.39, 0.29) is 17.7 Å². The first kappa shape index (κ1) is 17.1. The summed E-state index contributed by atoms with van der Waals surface area (Å²) in [6.45, 7) is 4.23. The molecule has 0 aliphatic carbocycles. The molecule has 2 atom stereocenters. The second kappa shape index (κ2) is 7.45. The van der Waals surface area contributed by atoms with Gasteiger partial charge in [-0.15, -0.1) is 0 Å². The first-order valence-corrected chi connectivity index (χ1v) is 9.61. The molecule has 3 aromatic rings. The van der Waals surface area contributed by atoms with Crippen molar-refractivity contribution in [1.82, 2.24) is 4.98 Å². The number of hydrogen-bond donors (Lipinski definition) is 1. The number of nitrogens with one attached hydrogen (secondary N) is 1. The van der Waals surface area contributed by atoms with Gasteiger partial charge in [-0.1, -0.05) is 77.9 Å². The van der Waals surface area contributed by atoms with Gasteiger partial charge in [-0.05, 0) is 29.7 Å². The molecule has 3 rings (SSSR count). The van der Waals surface area contributed by atoms with Crippen LogP contribution in [0.2, 0.25) is 0 Å². The van der Waals surface area contributed by atoms with E-state index < -0.39 is 0 Å². The van der Waals surface area contributed by atoms with E-state index in [2.05, 4.69) is 40.1 Å². The standard InChI is InChI=1S/C19H19BrN2OS/c1-3-12(2)17(13-7-5-4-6-8-13)18(23)22-19-21-15-10-9-14(20)11-16(15)24-19/h4-12,17H,3H2,1-2H3,(H,21,22,23)/t12-,17+/m0/s1. The van der Waals surface area contributed by atoms with Crippen LogP contribution in [0.4, 0.5) is 5.13 Å². The minimum atomic E-state index is -0.171. The average Bonchev–Trinajstić information content (AvgIpc) is 2.97. The molecule has 0 unspecified atom stereocenters. The van der Waals surface area contributed by atoms with Crippen molar-refractivity contribution in [3.63, 3.8) is 0 Å². The number of nitrogens with zero attached hydrogens (tertiary/aromatic N) is 1. The predicted molar refractivity (Wildman–Crippen MR) is 105 cm³/mol. The average molecular weight is 403 g/mol. The number of thiazole rings is 1. The zero-order valence-corrected chi connectivity index (χ0v) is 16.0. The molecule has 124 valence electrons. The van der Waals surface area contributed by atoms with Gasteiger partial charge in [0.25, 0.3) is 0 Å². The number of benzene rings is 2. The largest absolute Gasteiger partial charge is 0.301 e. The highest BCUT2D eigenvalue weighted by atomic mass is 79.9. The van der Waals surface area contributed by atoms with Crippen molar-refractivity contribution in [1.29, 1.82) is 0 Å². The van der Waals surface area contributed by atoms with E-state index in [1.165, 1.54) is 11.3 Å². The number of halogens is 1. The fourth-order valence-electron chi connectivity index (χ4n) is 2.77. The summed E-state index contributed by atoms with van der Waals surface area (Å²) in [5.41, 5.74) is 1.95. The van der Waals surface area contributed by atoms with Gasteiger partial charge in [-0.2, -0.15) is 0 Å². The summed E-state index contributed by atoms with van der Waals surface area (Å²) in [6, 6.07) is 15.9. The molecule has 2 aromatic carbocycles. The maximum atomic E-state index is 12.9. The molecule has 1 aromatic heterocycles. The normalized spacial score (nSPS) is 13.6. The summed E-state index contributed by atoms with van der Waals surface area (Å²) in [4.78, 5) is 17.4. The number of rotatable bonds is 5. The van der Waals surface area contributed by atoms with Crippen molar-refractivity contribution in [2.75, 3.05) is 5.32 Å². The summed E-state index contributed by atoms with van der Waals surface area (Å²) >= 11 is 4.96. The lowest BCUT2D eigenvalue weighted by atomic mass is 9.85. The maximum Gasteiger partial charge on any atom is 0.233 e. The summed E-state index contributed by atoms with van der Waals surface area (Å²) in [6.07, 6.45) is 0.944. The lowest BCUT2D eigenvalue weighted by Crippen LogP contribution is -2.26. The highest BCUT2D eigenvalue weighted by molar-refractivity contribution is 9.10. The third-order valence-electron chi connectivity index (χ3n) is 4.23. The molecule has 0 aliphatic heterocycles. The Morgan fingerprint density at radius 2 is 2.00 bits per heavy atom. The number of anilines is 1. The summed E-state index contributed by atoms with van der Waals surface area (Å²) in [7, 11) is 0. The van der Waals surface area contributed by atoms with Crippen LogP contribution in [0.3, 0.4) is 0 Å². The minimum Gasteiger partial charge on any atom is -0.301 e. The number of amides is 1. The molecule has 0 fully saturated rings. The van der Waals surface area contributed by atoms with Gasteiger partial charge >= 0.3 is 0 Å². The quantitative estimate of drug-likeness (QED) is 0.583. The van der Waals surface area contributed by atoms with Crippen LogP contribution in [0.1, 0.15) is 31.7 Å². The molecule has 0 aliphatic rings. The van der Waals surface area contributed by atoms with Crippen molar-refractivity contribution >= 4 is 48.5 Å². The third kappa shape index (κ3) is 3.68. The first-order chi connectivity index (χ1) is 11.6. The molecule has 0 radical (unpaired) electrons. The van der Waals surface area contributed by atoms with Crippen LogP contribution < -0.4 is 5.32 Å². The lowest BCUT2D eigenvalue weighted by Gasteiger charge is -2.22. The van der Waals surface area contributed by atoms with Crippen molar-refractivity contribution < 1.29 is 4.79 Å². The number of carbonyl (C=O) groups excluding carboxylic acids is 1. The Morgan fingerprint density at radius 1 is 1.25 bits per heavy atom. The number of aromatic nitrogens is 1. The summed E-state index contributed by atoms with van der Waals surface area (Å²) in [5, 5.41) is 3.67. The molecule has 0 spiro atoms. The Morgan fingerprint density at radius 3 is 2.71 bits per heavy atom. The van der Waals surface area contributed by atoms with E-state index in [0.717, 1.165) is 26.7 Å². The van der Waals surface area contributed by atoms with Gasteiger partial charge in [-0.3, -0.25) is 4.79 Å². The SMILES string of the molecule is CC[C@H](C)[C@@H](C(=O)Nc1nc2ccc(Br)cc2s1)c1ccccc1. The van der Waals surface area contributed by atoms with Crippen molar-refractivity contribution in [3.8, 4) is 0 Å². The summed E-state index contributed by atoms with van der Waals surface area (Å²) < 4.78 is 2.07. The Hall–Kier alpha value is -1.72.